The summed E-state index contributed by atoms with van der Waals surface area (Å²) in [7, 11) is 0.313. The molecule has 0 fully saturated rings. The van der Waals surface area contributed by atoms with Crippen LogP contribution in [0.15, 0.2) is 17.0 Å². The fourth-order valence-electron chi connectivity index (χ4n) is 0.761. The Balaban J connectivity index is 3.34. The summed E-state index contributed by atoms with van der Waals surface area (Å²) in [5.41, 5.74) is -1.52. The van der Waals surface area contributed by atoms with Crippen molar-refractivity contribution in [2.24, 2.45) is 0 Å². The highest BCUT2D eigenvalue weighted by Crippen LogP contribution is 2.29. The first kappa shape index (κ1) is 12.2. The number of nitrogens with zero attached hydrogens (tertiary/aromatic N) is 1. The lowest BCUT2D eigenvalue weighted by Gasteiger charge is -2.06. The maximum Gasteiger partial charge on any atom is 0.433 e. The molecule has 9 heteroatoms. The zero-order valence-corrected chi connectivity index (χ0v) is 8.29. The van der Waals surface area contributed by atoms with Gasteiger partial charge in [-0.3, -0.25) is 0 Å². The summed E-state index contributed by atoms with van der Waals surface area (Å²) >= 11 is 0. The van der Waals surface area contributed by atoms with E-state index in [0.29, 0.717) is 12.1 Å². The molecule has 0 aromatic carbocycles. The molecule has 0 amide bonds. The van der Waals surface area contributed by atoms with Gasteiger partial charge in [0.1, 0.15) is 10.6 Å². The summed E-state index contributed by atoms with van der Waals surface area (Å²) in [6.45, 7) is 0. The lowest BCUT2D eigenvalue weighted by molar-refractivity contribution is -0.141. The van der Waals surface area contributed by atoms with E-state index in [9.17, 15) is 26.0 Å². The third-order valence-electron chi connectivity index (χ3n) is 1.37. The van der Waals surface area contributed by atoms with Crippen molar-refractivity contribution in [1.82, 2.24) is 4.98 Å². The van der Waals surface area contributed by atoms with E-state index >= 15 is 0 Å². The highest BCUT2D eigenvalue weighted by atomic mass is 35.7. The molecule has 1 rings (SSSR count). The van der Waals surface area contributed by atoms with Crippen LogP contribution in [0, 0.1) is 5.95 Å². The van der Waals surface area contributed by atoms with E-state index in [4.69, 9.17) is 10.7 Å². The third kappa shape index (κ3) is 2.78. The molecule has 3 nitrogen and oxygen atoms in total. The van der Waals surface area contributed by atoms with Gasteiger partial charge in [-0.1, -0.05) is 0 Å². The Morgan fingerprint density at radius 3 is 2.13 bits per heavy atom. The quantitative estimate of drug-likeness (QED) is 0.443. The molecule has 1 heterocycles. The second kappa shape index (κ2) is 3.60. The lowest BCUT2D eigenvalue weighted by atomic mass is 10.3. The van der Waals surface area contributed by atoms with Gasteiger partial charge in [0.2, 0.25) is 5.95 Å². The summed E-state index contributed by atoms with van der Waals surface area (Å²) in [6, 6.07) is 0.742. The Hall–Kier alpha value is -0.890. The monoisotopic (exact) mass is 263 g/mol. The molecule has 0 unspecified atom stereocenters. The maximum atomic E-state index is 12.8. The predicted octanol–water partition coefficient (Wildman–Crippen LogP) is 2.17. The number of halogens is 5. The molecule has 0 aliphatic rings. The van der Waals surface area contributed by atoms with Gasteiger partial charge in [-0.05, 0) is 12.1 Å². The molecule has 1 aromatic rings. The first-order valence-electron chi connectivity index (χ1n) is 3.31. The van der Waals surface area contributed by atoms with Crippen molar-refractivity contribution in [3.8, 4) is 0 Å². The van der Waals surface area contributed by atoms with Crippen LogP contribution in [-0.4, -0.2) is 13.4 Å². The molecule has 0 saturated carbocycles. The summed E-state index contributed by atoms with van der Waals surface area (Å²) in [5.74, 6) is -1.78. The Morgan fingerprint density at radius 1 is 1.27 bits per heavy atom. The van der Waals surface area contributed by atoms with Crippen molar-refractivity contribution in [2.75, 3.05) is 0 Å². The number of hydrogen-bond acceptors (Lipinski definition) is 3. The van der Waals surface area contributed by atoms with Crippen LogP contribution in [0.3, 0.4) is 0 Å². The van der Waals surface area contributed by atoms with Gasteiger partial charge in [0.25, 0.3) is 9.05 Å². The number of hydrogen-bond donors (Lipinski definition) is 0. The molecule has 0 saturated heterocycles. The van der Waals surface area contributed by atoms with Crippen LogP contribution in [0.1, 0.15) is 5.69 Å². The zero-order chi connectivity index (χ0) is 11.9. The average Bonchev–Trinajstić information content (AvgIpc) is 1.99. The number of rotatable bonds is 1. The van der Waals surface area contributed by atoms with Crippen LogP contribution in [0.5, 0.6) is 0 Å². The summed E-state index contributed by atoms with van der Waals surface area (Å²) in [4.78, 5) is 1.37. The summed E-state index contributed by atoms with van der Waals surface area (Å²) in [6.07, 6.45) is -4.84. The number of alkyl halides is 3. The molecule has 15 heavy (non-hydrogen) atoms. The predicted molar refractivity (Wildman–Crippen MR) is 42.2 cm³/mol. The van der Waals surface area contributed by atoms with Crippen LogP contribution in [0.25, 0.3) is 0 Å². The molecule has 84 valence electrons. The smallest absolute Gasteiger partial charge is 0.214 e. The molecule has 0 aliphatic carbocycles. The van der Waals surface area contributed by atoms with Crippen molar-refractivity contribution in [1.29, 1.82) is 0 Å². The maximum absolute atomic E-state index is 12.8. The van der Waals surface area contributed by atoms with E-state index in [1.807, 2.05) is 0 Å². The van der Waals surface area contributed by atoms with Crippen LogP contribution in [0.2, 0.25) is 0 Å². The summed E-state index contributed by atoms with van der Waals surface area (Å²) < 4.78 is 70.0. The molecule has 0 bridgehead atoms. The molecule has 0 atom stereocenters. The van der Waals surface area contributed by atoms with Crippen LogP contribution in [-0.2, 0) is 15.2 Å². The second-order valence-electron chi connectivity index (χ2n) is 2.42. The van der Waals surface area contributed by atoms with Gasteiger partial charge in [-0.15, -0.1) is 0 Å². The van der Waals surface area contributed by atoms with Gasteiger partial charge in [0, 0.05) is 10.7 Å². The van der Waals surface area contributed by atoms with Crippen molar-refractivity contribution in [3.63, 3.8) is 0 Å². The van der Waals surface area contributed by atoms with Gasteiger partial charge in [0.15, 0.2) is 0 Å². The molecular weight excluding hydrogens is 262 g/mol. The largest absolute Gasteiger partial charge is 0.433 e. The molecule has 1 aromatic heterocycles. The first-order chi connectivity index (χ1) is 6.62. The minimum absolute atomic E-state index is 0.332. The van der Waals surface area contributed by atoms with Crippen molar-refractivity contribution < 1.29 is 26.0 Å². The van der Waals surface area contributed by atoms with E-state index in [2.05, 4.69) is 4.98 Å². The summed E-state index contributed by atoms with van der Waals surface area (Å²) in [5, 5.41) is 0. The SMILES string of the molecule is O=S(=O)(Cl)c1ccc(C(F)(F)F)nc1F. The van der Waals surface area contributed by atoms with Gasteiger partial charge in [0.05, 0.1) is 0 Å². The molecular formula is C6H2ClF4NO2S. The fourth-order valence-corrected chi connectivity index (χ4v) is 1.58. The molecule has 0 spiro atoms. The number of pyridine rings is 1. The Labute approximate surface area is 86.1 Å². The van der Waals surface area contributed by atoms with Crippen molar-refractivity contribution in [3.05, 3.63) is 23.8 Å². The lowest BCUT2D eigenvalue weighted by Crippen LogP contribution is -2.10. The van der Waals surface area contributed by atoms with Gasteiger partial charge in [-0.2, -0.15) is 17.6 Å². The van der Waals surface area contributed by atoms with Crippen molar-refractivity contribution in [2.45, 2.75) is 11.1 Å². The van der Waals surface area contributed by atoms with Gasteiger partial charge >= 0.3 is 6.18 Å². The minimum atomic E-state index is -4.84. The highest BCUT2D eigenvalue weighted by molar-refractivity contribution is 8.13. The molecule has 0 radical (unpaired) electrons. The van der Waals surface area contributed by atoms with Gasteiger partial charge in [-0.25, -0.2) is 13.4 Å². The third-order valence-corrected chi connectivity index (χ3v) is 2.70. The molecule has 0 N–H and O–H groups in total. The van der Waals surface area contributed by atoms with E-state index in [0.717, 1.165) is 0 Å². The van der Waals surface area contributed by atoms with E-state index in [-0.39, 0.29) is 0 Å². The van der Waals surface area contributed by atoms with Crippen LogP contribution in [0.4, 0.5) is 17.6 Å². The van der Waals surface area contributed by atoms with Gasteiger partial charge < -0.3 is 0 Å². The van der Waals surface area contributed by atoms with E-state index in [1.165, 1.54) is 0 Å². The second-order valence-corrected chi connectivity index (χ2v) is 4.96. The normalized spacial score (nSPS) is 12.9. The first-order valence-corrected chi connectivity index (χ1v) is 5.61. The zero-order valence-electron chi connectivity index (χ0n) is 6.72. The average molecular weight is 264 g/mol. The molecule has 0 aliphatic heterocycles. The fraction of sp³-hybridized carbons (Fsp3) is 0.167. The van der Waals surface area contributed by atoms with E-state index in [1.54, 1.807) is 0 Å². The Kier molecular flexibility index (Phi) is 2.92. The minimum Gasteiger partial charge on any atom is -0.214 e. The highest BCUT2D eigenvalue weighted by Gasteiger charge is 2.34. The Morgan fingerprint density at radius 2 is 1.80 bits per heavy atom. The standard InChI is InChI=1S/C6H2ClF4NO2S/c7-15(13,14)3-1-2-4(6(9,10)11)12-5(3)8/h1-2H. The van der Waals surface area contributed by atoms with Crippen LogP contribution < -0.4 is 0 Å². The van der Waals surface area contributed by atoms with Crippen molar-refractivity contribution >= 4 is 19.7 Å². The Bertz CT molecular complexity index is 484. The van der Waals surface area contributed by atoms with Crippen LogP contribution >= 0.6 is 10.7 Å². The number of aromatic nitrogens is 1. The topological polar surface area (TPSA) is 47.0 Å². The van der Waals surface area contributed by atoms with E-state index < -0.39 is 31.8 Å².